The molecular weight excluding hydrogens is 262 g/mol. The average Bonchev–Trinajstić information content (AvgIpc) is 2.93. The highest BCUT2D eigenvalue weighted by Gasteiger charge is 2.09. The molecule has 2 aromatic rings. The number of rotatable bonds is 5. The van der Waals surface area contributed by atoms with E-state index in [0.717, 1.165) is 12.2 Å². The van der Waals surface area contributed by atoms with Crippen molar-refractivity contribution in [3.63, 3.8) is 0 Å². The maximum atomic E-state index is 11.2. The topological polar surface area (TPSA) is 77.2 Å². The van der Waals surface area contributed by atoms with E-state index < -0.39 is 0 Å². The Morgan fingerprint density at radius 3 is 2.79 bits per heavy atom. The Kier molecular flexibility index (Phi) is 4.48. The normalized spacial score (nSPS) is 10.2. The number of carbonyl (C=O) groups excluding carboxylic acids is 1. The van der Waals surface area contributed by atoms with E-state index in [1.165, 1.54) is 16.9 Å². The molecule has 0 spiro atoms. The molecule has 100 valence electrons. The van der Waals surface area contributed by atoms with Crippen molar-refractivity contribution in [2.24, 2.45) is 5.84 Å². The van der Waals surface area contributed by atoms with E-state index in [1.807, 2.05) is 29.7 Å². The summed E-state index contributed by atoms with van der Waals surface area (Å²) in [6.45, 7) is 2.44. The lowest BCUT2D eigenvalue weighted by atomic mass is 10.2. The number of carbonyl (C=O) groups is 1. The summed E-state index contributed by atoms with van der Waals surface area (Å²) >= 11 is 1.24. The Morgan fingerprint density at radius 1 is 1.42 bits per heavy atom. The molecule has 6 heteroatoms. The molecule has 0 bridgehead atoms. The molecule has 0 saturated carbocycles. The summed E-state index contributed by atoms with van der Waals surface area (Å²) in [5.74, 6) is 5.44. The molecule has 2 rings (SSSR count). The number of nitrogen functional groups attached to an aromatic ring is 1. The second-order valence-corrected chi connectivity index (χ2v) is 4.76. The number of aryl methyl sites for hydroxylation is 1. The molecule has 0 saturated heterocycles. The van der Waals surface area contributed by atoms with Gasteiger partial charge in [-0.1, -0.05) is 19.1 Å². The fourth-order valence-electron chi connectivity index (χ4n) is 1.52. The van der Waals surface area contributed by atoms with E-state index in [9.17, 15) is 4.79 Å². The van der Waals surface area contributed by atoms with Crippen LogP contribution in [-0.2, 0) is 13.0 Å². The van der Waals surface area contributed by atoms with Crippen molar-refractivity contribution in [1.82, 2.24) is 10.4 Å². The maximum Gasteiger partial charge on any atom is 0.294 e. The molecule has 1 aromatic heterocycles. The molecule has 5 nitrogen and oxygen atoms in total. The Bertz CT molecular complexity index is 551. The largest absolute Gasteiger partial charge is 0.487 e. The fourth-order valence-corrected chi connectivity index (χ4v) is 2.22. The number of nitrogens with one attached hydrogen (secondary N) is 1. The highest BCUT2D eigenvalue weighted by Crippen LogP contribution is 2.16. The first-order chi connectivity index (χ1) is 9.22. The molecule has 0 radical (unpaired) electrons. The first-order valence-electron chi connectivity index (χ1n) is 5.90. The van der Waals surface area contributed by atoms with Gasteiger partial charge >= 0.3 is 0 Å². The Balaban J connectivity index is 1.94. The van der Waals surface area contributed by atoms with Gasteiger partial charge in [-0.25, -0.2) is 10.8 Å². The summed E-state index contributed by atoms with van der Waals surface area (Å²) in [6.07, 6.45) is 1.00. The number of hydrazine groups is 1. The molecule has 3 N–H and O–H groups in total. The van der Waals surface area contributed by atoms with Crippen LogP contribution in [0.5, 0.6) is 5.75 Å². The number of thiazole rings is 1. The third kappa shape index (κ3) is 3.52. The standard InChI is InChI=1S/C13H15N3O2S/c1-2-9-3-5-11(6-4-9)18-7-10-8-19-13(15-10)12(17)16-14/h3-6,8H,2,7,14H2,1H3,(H,16,17). The number of nitrogens with two attached hydrogens (primary N) is 1. The molecule has 0 aliphatic heterocycles. The van der Waals surface area contributed by atoms with Crippen LogP contribution in [0.1, 0.15) is 28.0 Å². The second kappa shape index (κ2) is 6.31. The van der Waals surface area contributed by atoms with Crippen molar-refractivity contribution >= 4 is 17.2 Å². The van der Waals surface area contributed by atoms with Crippen LogP contribution >= 0.6 is 11.3 Å². The first-order valence-corrected chi connectivity index (χ1v) is 6.78. The van der Waals surface area contributed by atoms with E-state index in [0.29, 0.717) is 17.3 Å². The number of hydrogen-bond acceptors (Lipinski definition) is 5. The van der Waals surface area contributed by atoms with Crippen molar-refractivity contribution in [3.8, 4) is 5.75 Å². The van der Waals surface area contributed by atoms with Gasteiger partial charge in [0.1, 0.15) is 12.4 Å². The summed E-state index contributed by atoms with van der Waals surface area (Å²) in [5.41, 5.74) is 4.03. The summed E-state index contributed by atoms with van der Waals surface area (Å²) in [5, 5.41) is 2.12. The smallest absolute Gasteiger partial charge is 0.294 e. The van der Waals surface area contributed by atoms with Crippen molar-refractivity contribution in [3.05, 3.63) is 45.9 Å². The van der Waals surface area contributed by atoms with E-state index in [1.54, 1.807) is 5.38 Å². The highest BCUT2D eigenvalue weighted by atomic mass is 32.1. The zero-order valence-corrected chi connectivity index (χ0v) is 11.4. The molecule has 0 unspecified atom stereocenters. The molecule has 1 heterocycles. The molecule has 19 heavy (non-hydrogen) atoms. The number of benzene rings is 1. The van der Waals surface area contributed by atoms with Crippen LogP contribution in [0.15, 0.2) is 29.6 Å². The van der Waals surface area contributed by atoms with Gasteiger partial charge in [0.2, 0.25) is 0 Å². The monoisotopic (exact) mass is 277 g/mol. The lowest BCUT2D eigenvalue weighted by molar-refractivity contribution is 0.0953. The zero-order valence-electron chi connectivity index (χ0n) is 10.6. The van der Waals surface area contributed by atoms with E-state index >= 15 is 0 Å². The van der Waals surface area contributed by atoms with E-state index in [2.05, 4.69) is 11.9 Å². The van der Waals surface area contributed by atoms with Gasteiger partial charge in [-0.15, -0.1) is 11.3 Å². The maximum absolute atomic E-state index is 11.2. The molecule has 1 aromatic carbocycles. The molecule has 0 fully saturated rings. The van der Waals surface area contributed by atoms with Crippen LogP contribution in [0.4, 0.5) is 0 Å². The van der Waals surface area contributed by atoms with Gasteiger partial charge in [0, 0.05) is 5.38 Å². The molecule has 0 aliphatic carbocycles. The minimum Gasteiger partial charge on any atom is -0.487 e. The van der Waals surface area contributed by atoms with E-state index in [4.69, 9.17) is 10.6 Å². The van der Waals surface area contributed by atoms with Gasteiger partial charge in [-0.3, -0.25) is 10.2 Å². The average molecular weight is 277 g/mol. The Labute approximate surface area is 115 Å². The van der Waals surface area contributed by atoms with Crippen LogP contribution in [-0.4, -0.2) is 10.9 Å². The lowest BCUT2D eigenvalue weighted by Gasteiger charge is -2.04. The first kappa shape index (κ1) is 13.5. The van der Waals surface area contributed by atoms with Crippen LogP contribution < -0.4 is 16.0 Å². The van der Waals surface area contributed by atoms with Crippen molar-refractivity contribution < 1.29 is 9.53 Å². The summed E-state index contributed by atoms with van der Waals surface area (Å²) in [7, 11) is 0. The minimum absolute atomic E-state index is 0.333. The van der Waals surface area contributed by atoms with Crippen LogP contribution in [0.3, 0.4) is 0 Å². The molecule has 0 aliphatic rings. The van der Waals surface area contributed by atoms with Crippen LogP contribution in [0.2, 0.25) is 0 Å². The number of amides is 1. The fraction of sp³-hybridized carbons (Fsp3) is 0.231. The van der Waals surface area contributed by atoms with Gasteiger partial charge in [0.05, 0.1) is 5.69 Å². The summed E-state index contributed by atoms with van der Waals surface area (Å²) < 4.78 is 5.60. The van der Waals surface area contributed by atoms with Crippen molar-refractivity contribution in [1.29, 1.82) is 0 Å². The predicted octanol–water partition coefficient (Wildman–Crippen LogP) is 1.89. The third-order valence-corrected chi connectivity index (χ3v) is 3.49. The highest BCUT2D eigenvalue weighted by molar-refractivity contribution is 7.11. The molecule has 1 amide bonds. The third-order valence-electron chi connectivity index (χ3n) is 2.60. The van der Waals surface area contributed by atoms with Crippen molar-refractivity contribution in [2.75, 3.05) is 0 Å². The summed E-state index contributed by atoms with van der Waals surface area (Å²) in [6, 6.07) is 7.92. The lowest BCUT2D eigenvalue weighted by Crippen LogP contribution is -2.29. The molecule has 0 atom stereocenters. The van der Waals surface area contributed by atoms with Crippen LogP contribution in [0, 0.1) is 0 Å². The SMILES string of the molecule is CCc1ccc(OCc2csc(C(=O)NN)n2)cc1. The quantitative estimate of drug-likeness (QED) is 0.497. The van der Waals surface area contributed by atoms with Gasteiger partial charge in [0.25, 0.3) is 5.91 Å². The predicted molar refractivity (Wildman–Crippen MR) is 73.9 cm³/mol. The molecular formula is C13H15N3O2S. The second-order valence-electron chi connectivity index (χ2n) is 3.90. The minimum atomic E-state index is -0.386. The Morgan fingerprint density at radius 2 is 2.16 bits per heavy atom. The van der Waals surface area contributed by atoms with Gasteiger partial charge in [0.15, 0.2) is 5.01 Å². The number of nitrogens with zero attached hydrogens (tertiary/aromatic N) is 1. The number of ether oxygens (including phenoxy) is 1. The number of hydrogen-bond donors (Lipinski definition) is 2. The van der Waals surface area contributed by atoms with Gasteiger partial charge in [-0.2, -0.15) is 0 Å². The van der Waals surface area contributed by atoms with Crippen LogP contribution in [0.25, 0.3) is 0 Å². The van der Waals surface area contributed by atoms with E-state index in [-0.39, 0.29) is 5.91 Å². The summed E-state index contributed by atoms with van der Waals surface area (Å²) in [4.78, 5) is 15.4. The van der Waals surface area contributed by atoms with Gasteiger partial charge < -0.3 is 4.74 Å². The zero-order chi connectivity index (χ0) is 13.7. The van der Waals surface area contributed by atoms with Gasteiger partial charge in [-0.05, 0) is 24.1 Å². The number of aromatic nitrogens is 1. The Hall–Kier alpha value is -1.92. The van der Waals surface area contributed by atoms with Crippen molar-refractivity contribution in [2.45, 2.75) is 20.0 Å².